The molecule has 2 bridgehead atoms. The fraction of sp³-hybridized carbons (Fsp3) is 1.00. The van der Waals surface area contributed by atoms with Crippen LogP contribution >= 0.6 is 0 Å². The molecule has 6 heteroatoms. The van der Waals surface area contributed by atoms with Gasteiger partial charge < -0.3 is 25.1 Å². The van der Waals surface area contributed by atoms with Gasteiger partial charge in [0.25, 0.3) is 0 Å². The van der Waals surface area contributed by atoms with Crippen molar-refractivity contribution in [3.8, 4) is 0 Å². The maximum Gasteiger partial charge on any atom is 0.176 e. The van der Waals surface area contributed by atoms with Crippen molar-refractivity contribution in [1.29, 1.82) is 0 Å². The minimum atomic E-state index is -0.579. The van der Waals surface area contributed by atoms with Crippen molar-refractivity contribution >= 4 is 0 Å². The first-order valence-electron chi connectivity index (χ1n) is 5.80. The Kier molecular flexibility index (Phi) is 2.87. The largest absolute Gasteiger partial charge is 0.390 e. The highest BCUT2D eigenvalue weighted by Gasteiger charge is 2.50. The molecular weight excluding hydrogens is 212 g/mol. The molecule has 0 radical (unpaired) electrons. The van der Waals surface area contributed by atoms with E-state index in [1.165, 1.54) is 0 Å². The van der Waals surface area contributed by atoms with Gasteiger partial charge in [-0.1, -0.05) is 0 Å². The van der Waals surface area contributed by atoms with Crippen LogP contribution in [0.15, 0.2) is 0 Å². The molecule has 0 aromatic heterocycles. The van der Waals surface area contributed by atoms with Crippen LogP contribution in [0.25, 0.3) is 0 Å². The Bertz CT molecular complexity index is 259. The molecule has 3 fully saturated rings. The average Bonchev–Trinajstić information content (AvgIpc) is 2.74. The molecule has 3 N–H and O–H groups in total. The summed E-state index contributed by atoms with van der Waals surface area (Å²) in [7, 11) is 0. The SMILES string of the molecule is N[C@H]1[C@@H](O)[C@H](N2CCOCC2)[C@@H]2OC[C@H]1O2. The first kappa shape index (κ1) is 10.9. The normalized spacial score (nSPS) is 49.5. The Morgan fingerprint density at radius 2 is 2.00 bits per heavy atom. The lowest BCUT2D eigenvalue weighted by molar-refractivity contribution is -0.186. The summed E-state index contributed by atoms with van der Waals surface area (Å²) >= 11 is 0. The molecule has 0 aromatic carbocycles. The van der Waals surface area contributed by atoms with Crippen molar-refractivity contribution in [2.45, 2.75) is 30.6 Å². The third kappa shape index (κ3) is 1.66. The van der Waals surface area contributed by atoms with E-state index in [1.807, 2.05) is 0 Å². The lowest BCUT2D eigenvalue weighted by Crippen LogP contribution is -2.64. The minimum absolute atomic E-state index is 0.155. The van der Waals surface area contributed by atoms with Crippen LogP contribution in [-0.2, 0) is 14.2 Å². The predicted molar refractivity (Wildman–Crippen MR) is 54.8 cm³/mol. The van der Waals surface area contributed by atoms with Crippen LogP contribution < -0.4 is 5.73 Å². The molecule has 0 spiro atoms. The van der Waals surface area contributed by atoms with E-state index in [1.54, 1.807) is 0 Å². The molecule has 3 aliphatic heterocycles. The highest BCUT2D eigenvalue weighted by Crippen LogP contribution is 2.30. The zero-order valence-electron chi connectivity index (χ0n) is 9.12. The topological polar surface area (TPSA) is 77.2 Å². The molecule has 0 unspecified atom stereocenters. The summed E-state index contributed by atoms with van der Waals surface area (Å²) in [5, 5.41) is 10.2. The van der Waals surface area contributed by atoms with Gasteiger partial charge in [0.05, 0.1) is 38.0 Å². The first-order valence-corrected chi connectivity index (χ1v) is 5.80. The number of fused-ring (bicyclic) bond motifs is 2. The number of nitrogens with two attached hydrogens (primary N) is 1. The van der Waals surface area contributed by atoms with Crippen LogP contribution in [0.3, 0.4) is 0 Å². The molecule has 16 heavy (non-hydrogen) atoms. The lowest BCUT2D eigenvalue weighted by atomic mass is 9.95. The molecule has 0 aliphatic carbocycles. The summed E-state index contributed by atoms with van der Waals surface area (Å²) in [5.41, 5.74) is 5.94. The van der Waals surface area contributed by atoms with Crippen LogP contribution in [-0.4, -0.2) is 73.5 Å². The Morgan fingerprint density at radius 3 is 2.75 bits per heavy atom. The van der Waals surface area contributed by atoms with Crippen molar-refractivity contribution in [3.63, 3.8) is 0 Å². The zero-order valence-corrected chi connectivity index (χ0v) is 9.12. The molecule has 3 saturated heterocycles. The van der Waals surface area contributed by atoms with E-state index in [4.69, 9.17) is 19.9 Å². The van der Waals surface area contributed by atoms with Crippen LogP contribution in [0.2, 0.25) is 0 Å². The molecular formula is C10H18N2O4. The Balaban J connectivity index is 1.76. The molecule has 0 aromatic rings. The van der Waals surface area contributed by atoms with Crippen molar-refractivity contribution in [2.75, 3.05) is 32.9 Å². The first-order chi connectivity index (χ1) is 7.77. The van der Waals surface area contributed by atoms with Gasteiger partial charge in [-0.15, -0.1) is 0 Å². The van der Waals surface area contributed by atoms with Gasteiger partial charge in [-0.2, -0.15) is 0 Å². The van der Waals surface area contributed by atoms with Gasteiger partial charge >= 0.3 is 0 Å². The number of hydrogen-bond acceptors (Lipinski definition) is 6. The number of rotatable bonds is 1. The van der Waals surface area contributed by atoms with Crippen molar-refractivity contribution in [1.82, 2.24) is 4.90 Å². The second kappa shape index (κ2) is 4.21. The molecule has 6 nitrogen and oxygen atoms in total. The maximum atomic E-state index is 10.2. The van der Waals surface area contributed by atoms with E-state index < -0.39 is 6.10 Å². The fourth-order valence-corrected chi connectivity index (χ4v) is 2.69. The fourth-order valence-electron chi connectivity index (χ4n) is 2.69. The van der Waals surface area contributed by atoms with E-state index in [2.05, 4.69) is 4.90 Å². The van der Waals surface area contributed by atoms with Crippen molar-refractivity contribution in [2.24, 2.45) is 5.73 Å². The smallest absolute Gasteiger partial charge is 0.176 e. The summed E-state index contributed by atoms with van der Waals surface area (Å²) < 4.78 is 16.5. The van der Waals surface area contributed by atoms with E-state index in [-0.39, 0.29) is 24.5 Å². The second-order valence-electron chi connectivity index (χ2n) is 4.58. The number of aliphatic hydroxyl groups excluding tert-OH is 1. The van der Waals surface area contributed by atoms with Crippen LogP contribution in [0.5, 0.6) is 0 Å². The van der Waals surface area contributed by atoms with Gasteiger partial charge in [0, 0.05) is 13.1 Å². The number of nitrogens with zero attached hydrogens (tertiary/aromatic N) is 1. The number of aliphatic hydroxyl groups is 1. The monoisotopic (exact) mass is 230 g/mol. The Morgan fingerprint density at radius 1 is 1.25 bits per heavy atom. The highest BCUT2D eigenvalue weighted by atomic mass is 16.7. The second-order valence-corrected chi connectivity index (χ2v) is 4.58. The number of ether oxygens (including phenoxy) is 3. The third-order valence-electron chi connectivity index (χ3n) is 3.65. The average molecular weight is 230 g/mol. The maximum absolute atomic E-state index is 10.2. The minimum Gasteiger partial charge on any atom is -0.390 e. The quantitative estimate of drug-likeness (QED) is 0.549. The molecule has 3 aliphatic rings. The van der Waals surface area contributed by atoms with Crippen LogP contribution in [0.4, 0.5) is 0 Å². The van der Waals surface area contributed by atoms with E-state index in [9.17, 15) is 5.11 Å². The summed E-state index contributed by atoms with van der Waals surface area (Å²) in [6.07, 6.45) is -1.07. The lowest BCUT2D eigenvalue weighted by Gasteiger charge is -2.43. The summed E-state index contributed by atoms with van der Waals surface area (Å²) in [6.45, 7) is 3.46. The summed E-state index contributed by atoms with van der Waals surface area (Å²) in [6, 6.07) is -0.510. The van der Waals surface area contributed by atoms with Gasteiger partial charge in [0.1, 0.15) is 6.10 Å². The van der Waals surface area contributed by atoms with E-state index >= 15 is 0 Å². The zero-order chi connectivity index (χ0) is 11.1. The summed E-state index contributed by atoms with van der Waals surface area (Å²) in [4.78, 5) is 2.15. The third-order valence-corrected chi connectivity index (χ3v) is 3.65. The Hall–Kier alpha value is -0.240. The van der Waals surface area contributed by atoms with Crippen molar-refractivity contribution < 1.29 is 19.3 Å². The van der Waals surface area contributed by atoms with Gasteiger partial charge in [-0.3, -0.25) is 4.90 Å². The van der Waals surface area contributed by atoms with E-state index in [0.717, 1.165) is 13.1 Å². The van der Waals surface area contributed by atoms with Crippen molar-refractivity contribution in [3.05, 3.63) is 0 Å². The van der Waals surface area contributed by atoms with Gasteiger partial charge in [-0.05, 0) is 0 Å². The number of morpholine rings is 1. The Labute approximate surface area is 94.2 Å². The van der Waals surface area contributed by atoms with Crippen LogP contribution in [0.1, 0.15) is 0 Å². The standard InChI is InChI=1S/C10H18N2O4/c11-7-6-5-15-10(16-6)8(9(7)13)12-1-3-14-4-2-12/h6-10,13H,1-5,11H2/t6-,7-,8+,9-,10-/m1/s1. The van der Waals surface area contributed by atoms with E-state index in [0.29, 0.717) is 19.8 Å². The molecule has 0 amide bonds. The van der Waals surface area contributed by atoms with Crippen LogP contribution in [0, 0.1) is 0 Å². The molecule has 0 saturated carbocycles. The van der Waals surface area contributed by atoms with Gasteiger partial charge in [0.15, 0.2) is 6.29 Å². The van der Waals surface area contributed by atoms with Gasteiger partial charge in [0.2, 0.25) is 0 Å². The molecule has 5 atom stereocenters. The summed E-state index contributed by atoms with van der Waals surface area (Å²) in [5.74, 6) is 0. The molecule has 3 rings (SSSR count). The number of hydrogen-bond donors (Lipinski definition) is 2. The predicted octanol–water partition coefficient (Wildman–Crippen LogP) is -1.87. The molecule has 92 valence electrons. The molecule has 3 heterocycles. The van der Waals surface area contributed by atoms with Gasteiger partial charge in [-0.25, -0.2) is 0 Å². The highest BCUT2D eigenvalue weighted by molar-refractivity contribution is 5.00.